The van der Waals surface area contributed by atoms with E-state index in [4.69, 9.17) is 0 Å². The van der Waals surface area contributed by atoms with Crippen molar-refractivity contribution in [2.75, 3.05) is 0 Å². The molecule has 0 spiro atoms. The largest absolute Gasteiger partial charge is 0.258 e. The van der Waals surface area contributed by atoms with Gasteiger partial charge in [0.15, 0.2) is 0 Å². The lowest BCUT2D eigenvalue weighted by Crippen LogP contribution is -1.89. The monoisotopic (exact) mass is 256 g/mol. The summed E-state index contributed by atoms with van der Waals surface area (Å²) >= 11 is 0. The summed E-state index contributed by atoms with van der Waals surface area (Å²) in [5.74, 6) is 0. The highest BCUT2D eigenvalue weighted by Crippen LogP contribution is 2.04. The molecule has 0 atom stereocenters. The van der Waals surface area contributed by atoms with Gasteiger partial charge in [0.1, 0.15) is 0 Å². The number of hydrogen-bond donors (Lipinski definition) is 0. The molecule has 2 heteroatoms. The quantitative estimate of drug-likeness (QED) is 0.761. The highest BCUT2D eigenvalue weighted by Gasteiger charge is 1.92. The zero-order valence-electron chi connectivity index (χ0n) is 12.9. The van der Waals surface area contributed by atoms with Crippen molar-refractivity contribution in [1.29, 1.82) is 0 Å². The zero-order chi connectivity index (χ0) is 14.4. The van der Waals surface area contributed by atoms with Crippen LogP contribution in [0, 0.1) is 34.6 Å². The number of nitrogens with zero attached hydrogens (tertiary/aromatic N) is 2. The maximum atomic E-state index is 4.28. The Bertz CT molecular complexity index is 474. The SMILES string of the molecule is CCc1cc(C)nc(C)c1.Cc1cc(C)nc(C)c1. The molecule has 2 aromatic rings. The smallest absolute Gasteiger partial charge is 0.0378 e. The molecular formula is C17H24N2. The van der Waals surface area contributed by atoms with Crippen LogP contribution < -0.4 is 0 Å². The van der Waals surface area contributed by atoms with Crippen molar-refractivity contribution in [1.82, 2.24) is 9.97 Å². The Labute approximate surface area is 116 Å². The van der Waals surface area contributed by atoms with Crippen LogP contribution in [0.15, 0.2) is 24.3 Å². The van der Waals surface area contributed by atoms with E-state index in [-0.39, 0.29) is 0 Å². The van der Waals surface area contributed by atoms with Crippen molar-refractivity contribution < 1.29 is 0 Å². The Morgan fingerprint density at radius 3 is 1.37 bits per heavy atom. The lowest BCUT2D eigenvalue weighted by atomic mass is 10.1. The normalized spacial score (nSPS) is 9.79. The van der Waals surface area contributed by atoms with Gasteiger partial charge in [0.2, 0.25) is 0 Å². The van der Waals surface area contributed by atoms with Crippen LogP contribution in [-0.2, 0) is 6.42 Å². The first-order valence-corrected chi connectivity index (χ1v) is 6.76. The summed E-state index contributed by atoms with van der Waals surface area (Å²) in [5, 5.41) is 0. The molecule has 0 saturated heterocycles. The summed E-state index contributed by atoms with van der Waals surface area (Å²) < 4.78 is 0. The molecule has 2 heterocycles. The first kappa shape index (κ1) is 15.4. The summed E-state index contributed by atoms with van der Waals surface area (Å²) in [5.41, 5.74) is 7.12. The molecule has 0 aliphatic heterocycles. The second-order valence-corrected chi connectivity index (χ2v) is 5.04. The second-order valence-electron chi connectivity index (χ2n) is 5.04. The molecule has 0 aliphatic carbocycles. The maximum absolute atomic E-state index is 4.28. The van der Waals surface area contributed by atoms with Crippen LogP contribution in [0.5, 0.6) is 0 Å². The number of pyridine rings is 2. The van der Waals surface area contributed by atoms with Gasteiger partial charge < -0.3 is 0 Å². The maximum Gasteiger partial charge on any atom is 0.0378 e. The van der Waals surface area contributed by atoms with Gasteiger partial charge >= 0.3 is 0 Å². The van der Waals surface area contributed by atoms with Crippen LogP contribution in [0.25, 0.3) is 0 Å². The molecule has 2 aromatic heterocycles. The van der Waals surface area contributed by atoms with Gasteiger partial charge in [-0.1, -0.05) is 6.92 Å². The minimum absolute atomic E-state index is 1.10. The molecule has 0 unspecified atom stereocenters. The highest BCUT2D eigenvalue weighted by atomic mass is 14.7. The van der Waals surface area contributed by atoms with Crippen LogP contribution >= 0.6 is 0 Å². The molecule has 2 nitrogen and oxygen atoms in total. The molecule has 0 N–H and O–H groups in total. The summed E-state index contributed by atoms with van der Waals surface area (Å²) in [7, 11) is 0. The molecular weight excluding hydrogens is 232 g/mol. The van der Waals surface area contributed by atoms with Crippen molar-refractivity contribution in [3.05, 3.63) is 58.2 Å². The van der Waals surface area contributed by atoms with E-state index in [0.717, 1.165) is 29.2 Å². The summed E-state index contributed by atoms with van der Waals surface area (Å²) in [6.45, 7) is 12.3. The van der Waals surface area contributed by atoms with Gasteiger partial charge in [-0.05, 0) is 76.4 Å². The van der Waals surface area contributed by atoms with E-state index in [9.17, 15) is 0 Å². The molecule has 19 heavy (non-hydrogen) atoms. The minimum Gasteiger partial charge on any atom is -0.258 e. The molecule has 102 valence electrons. The van der Waals surface area contributed by atoms with Crippen LogP contribution in [0.4, 0.5) is 0 Å². The number of rotatable bonds is 1. The van der Waals surface area contributed by atoms with Gasteiger partial charge in [-0.2, -0.15) is 0 Å². The highest BCUT2D eigenvalue weighted by molar-refractivity contribution is 5.20. The lowest BCUT2D eigenvalue weighted by Gasteiger charge is -1.99. The Morgan fingerprint density at radius 2 is 1.05 bits per heavy atom. The number of aromatic nitrogens is 2. The average Bonchev–Trinajstić information content (AvgIpc) is 2.26. The van der Waals surface area contributed by atoms with Gasteiger partial charge in [0, 0.05) is 22.8 Å². The van der Waals surface area contributed by atoms with Crippen LogP contribution in [0.2, 0.25) is 0 Å². The fraction of sp³-hybridized carbons (Fsp3) is 0.412. The van der Waals surface area contributed by atoms with E-state index in [1.807, 2.05) is 27.7 Å². The topological polar surface area (TPSA) is 25.8 Å². The number of aryl methyl sites for hydroxylation is 6. The molecule has 0 bridgehead atoms. The molecule has 0 saturated carbocycles. The molecule has 0 aromatic carbocycles. The van der Waals surface area contributed by atoms with Crippen molar-refractivity contribution in [3.63, 3.8) is 0 Å². The van der Waals surface area contributed by atoms with Gasteiger partial charge in [0.05, 0.1) is 0 Å². The first-order chi connectivity index (χ1) is 8.90. The van der Waals surface area contributed by atoms with Gasteiger partial charge in [-0.25, -0.2) is 0 Å². The van der Waals surface area contributed by atoms with Crippen molar-refractivity contribution in [2.24, 2.45) is 0 Å². The van der Waals surface area contributed by atoms with Crippen molar-refractivity contribution in [2.45, 2.75) is 48.0 Å². The van der Waals surface area contributed by atoms with Crippen molar-refractivity contribution >= 4 is 0 Å². The third-order valence-electron chi connectivity index (χ3n) is 2.78. The zero-order valence-corrected chi connectivity index (χ0v) is 12.9. The Morgan fingerprint density at radius 1 is 0.684 bits per heavy atom. The molecule has 0 fully saturated rings. The van der Waals surface area contributed by atoms with Gasteiger partial charge in [-0.15, -0.1) is 0 Å². The summed E-state index contributed by atoms with van der Waals surface area (Å²) in [6, 6.07) is 8.42. The van der Waals surface area contributed by atoms with E-state index in [0.29, 0.717) is 0 Å². The van der Waals surface area contributed by atoms with Gasteiger partial charge in [0.25, 0.3) is 0 Å². The second kappa shape index (κ2) is 7.03. The van der Waals surface area contributed by atoms with Gasteiger partial charge in [-0.3, -0.25) is 9.97 Å². The van der Waals surface area contributed by atoms with E-state index in [1.54, 1.807) is 0 Å². The molecule has 2 rings (SSSR count). The molecule has 0 aliphatic rings. The van der Waals surface area contributed by atoms with E-state index >= 15 is 0 Å². The van der Waals surface area contributed by atoms with Crippen LogP contribution in [0.3, 0.4) is 0 Å². The molecule has 0 amide bonds. The standard InChI is InChI=1S/C9H13N.C8H11N/c1-4-9-5-7(2)10-8(3)6-9;1-6-4-7(2)9-8(3)5-6/h5-6H,4H2,1-3H3;4-5H,1-3H3. The Balaban J connectivity index is 0.000000191. The third kappa shape index (κ3) is 5.64. The average molecular weight is 256 g/mol. The predicted octanol–water partition coefficient (Wildman–Crippen LogP) is 4.27. The Kier molecular flexibility index (Phi) is 5.68. The third-order valence-corrected chi connectivity index (χ3v) is 2.78. The van der Waals surface area contributed by atoms with E-state index in [2.05, 4.69) is 48.1 Å². The van der Waals surface area contributed by atoms with Crippen LogP contribution in [-0.4, -0.2) is 9.97 Å². The first-order valence-electron chi connectivity index (χ1n) is 6.76. The summed E-state index contributed by atoms with van der Waals surface area (Å²) in [6.07, 6.45) is 1.10. The predicted molar refractivity (Wildman–Crippen MR) is 81.5 cm³/mol. The lowest BCUT2D eigenvalue weighted by molar-refractivity contribution is 1.05. The molecule has 0 radical (unpaired) electrons. The summed E-state index contributed by atoms with van der Waals surface area (Å²) in [4.78, 5) is 8.52. The van der Waals surface area contributed by atoms with Crippen molar-refractivity contribution in [3.8, 4) is 0 Å². The number of hydrogen-bond acceptors (Lipinski definition) is 2. The van der Waals surface area contributed by atoms with Crippen LogP contribution in [0.1, 0.15) is 40.8 Å². The minimum atomic E-state index is 1.10. The Hall–Kier alpha value is -1.70. The fourth-order valence-corrected chi connectivity index (χ4v) is 2.17. The van der Waals surface area contributed by atoms with E-state index < -0.39 is 0 Å². The van der Waals surface area contributed by atoms with E-state index in [1.165, 1.54) is 11.1 Å². The fourth-order valence-electron chi connectivity index (χ4n) is 2.17.